The van der Waals surface area contributed by atoms with E-state index in [1.807, 2.05) is 0 Å². The summed E-state index contributed by atoms with van der Waals surface area (Å²) in [5.74, 6) is 0.907. The van der Waals surface area contributed by atoms with E-state index in [0.717, 1.165) is 6.42 Å². The molecule has 0 aromatic heterocycles. The molecule has 110 valence electrons. The van der Waals surface area contributed by atoms with Gasteiger partial charge in [-0.3, -0.25) is 4.79 Å². The van der Waals surface area contributed by atoms with Gasteiger partial charge in [0.2, 0.25) is 0 Å². The van der Waals surface area contributed by atoms with E-state index in [1.165, 1.54) is 19.3 Å². The number of ether oxygens (including phenoxy) is 1. The van der Waals surface area contributed by atoms with E-state index in [9.17, 15) is 4.79 Å². The fraction of sp³-hybridized carbons (Fsp3) is 0.533. The van der Waals surface area contributed by atoms with Crippen LogP contribution in [0.25, 0.3) is 0 Å². The lowest BCUT2D eigenvalue weighted by molar-refractivity contribution is -0.124. The summed E-state index contributed by atoms with van der Waals surface area (Å²) in [4.78, 5) is 11.9. The Morgan fingerprint density at radius 2 is 2.10 bits per heavy atom. The largest absolute Gasteiger partial charge is 0.482 e. The van der Waals surface area contributed by atoms with Gasteiger partial charge in [0.25, 0.3) is 5.91 Å². The molecule has 1 saturated carbocycles. The molecule has 0 unspecified atom stereocenters. The maximum atomic E-state index is 11.9. The first-order valence-corrected chi connectivity index (χ1v) is 7.69. The highest BCUT2D eigenvalue weighted by Gasteiger charge is 2.22. The zero-order valence-electron chi connectivity index (χ0n) is 11.5. The van der Waals surface area contributed by atoms with E-state index in [2.05, 4.69) is 12.2 Å². The van der Waals surface area contributed by atoms with Crippen molar-refractivity contribution < 1.29 is 9.53 Å². The molecule has 20 heavy (non-hydrogen) atoms. The Balaban J connectivity index is 1.82. The van der Waals surface area contributed by atoms with Crippen LogP contribution in [0.15, 0.2) is 18.2 Å². The van der Waals surface area contributed by atoms with E-state index >= 15 is 0 Å². The number of rotatable bonds is 4. The van der Waals surface area contributed by atoms with Crippen LogP contribution in [0.5, 0.6) is 5.75 Å². The number of amides is 1. The Labute approximate surface area is 129 Å². The summed E-state index contributed by atoms with van der Waals surface area (Å²) in [6.45, 7) is 2.16. The van der Waals surface area contributed by atoms with E-state index < -0.39 is 0 Å². The van der Waals surface area contributed by atoms with Crippen LogP contribution in [0.2, 0.25) is 10.0 Å². The molecule has 1 fully saturated rings. The van der Waals surface area contributed by atoms with Crippen molar-refractivity contribution in [3.63, 3.8) is 0 Å². The molecule has 1 aromatic carbocycles. The molecule has 0 bridgehead atoms. The van der Waals surface area contributed by atoms with Crippen LogP contribution < -0.4 is 10.1 Å². The first-order chi connectivity index (χ1) is 9.56. The second-order valence-corrected chi connectivity index (χ2v) is 6.14. The molecule has 0 saturated heterocycles. The minimum Gasteiger partial charge on any atom is -0.482 e. The first kappa shape index (κ1) is 15.5. The van der Waals surface area contributed by atoms with Crippen LogP contribution in [-0.2, 0) is 4.79 Å². The summed E-state index contributed by atoms with van der Waals surface area (Å²) in [5.41, 5.74) is 0. The number of hydrogen-bond donors (Lipinski definition) is 1. The van der Waals surface area contributed by atoms with Crippen molar-refractivity contribution in [1.29, 1.82) is 0 Å². The fourth-order valence-electron chi connectivity index (χ4n) is 2.51. The van der Waals surface area contributed by atoms with E-state index in [1.54, 1.807) is 18.2 Å². The minimum absolute atomic E-state index is 0.0232. The highest BCUT2D eigenvalue weighted by Crippen LogP contribution is 2.27. The topological polar surface area (TPSA) is 38.3 Å². The number of carbonyl (C=O) groups excluding carboxylic acids is 1. The normalized spacial score (nSPS) is 22.4. The van der Waals surface area contributed by atoms with Crippen molar-refractivity contribution in [1.82, 2.24) is 5.32 Å². The summed E-state index contributed by atoms with van der Waals surface area (Å²) >= 11 is 11.8. The van der Waals surface area contributed by atoms with Gasteiger partial charge in [0.1, 0.15) is 5.75 Å². The molecule has 0 aliphatic heterocycles. The molecule has 1 aliphatic rings. The predicted octanol–water partition coefficient (Wildman–Crippen LogP) is 4.07. The Morgan fingerprint density at radius 1 is 1.35 bits per heavy atom. The van der Waals surface area contributed by atoms with Crippen molar-refractivity contribution in [3.8, 4) is 5.75 Å². The highest BCUT2D eigenvalue weighted by atomic mass is 35.5. The molecule has 2 rings (SSSR count). The van der Waals surface area contributed by atoms with Crippen molar-refractivity contribution >= 4 is 29.1 Å². The molecule has 0 heterocycles. The van der Waals surface area contributed by atoms with Gasteiger partial charge in [-0.1, -0.05) is 43.0 Å². The maximum absolute atomic E-state index is 11.9. The molecule has 1 N–H and O–H groups in total. The molecule has 2 atom stereocenters. The van der Waals surface area contributed by atoms with Crippen molar-refractivity contribution in [2.75, 3.05) is 6.61 Å². The van der Waals surface area contributed by atoms with Crippen molar-refractivity contribution in [2.45, 2.75) is 38.6 Å². The average molecular weight is 316 g/mol. The second kappa shape index (κ2) is 7.19. The van der Waals surface area contributed by atoms with E-state index in [0.29, 0.717) is 21.7 Å². The zero-order valence-corrected chi connectivity index (χ0v) is 13.0. The monoisotopic (exact) mass is 315 g/mol. The second-order valence-electron chi connectivity index (χ2n) is 5.30. The van der Waals surface area contributed by atoms with Gasteiger partial charge in [0.05, 0.1) is 5.02 Å². The summed E-state index contributed by atoms with van der Waals surface area (Å²) < 4.78 is 5.43. The highest BCUT2D eigenvalue weighted by molar-refractivity contribution is 6.35. The SMILES string of the molecule is C[C@H]1CCCC[C@H]1NC(=O)COc1ccc(Cl)cc1Cl. The standard InChI is InChI=1S/C15H19Cl2NO2/c1-10-4-2-3-5-13(10)18-15(19)9-20-14-7-6-11(16)8-12(14)17/h6-8,10,13H,2-5,9H2,1H3,(H,18,19)/t10-,13+/m0/s1. The lowest BCUT2D eigenvalue weighted by Gasteiger charge is -2.29. The Bertz CT molecular complexity index is 479. The summed E-state index contributed by atoms with van der Waals surface area (Å²) in [6, 6.07) is 5.21. The Morgan fingerprint density at radius 3 is 2.80 bits per heavy atom. The smallest absolute Gasteiger partial charge is 0.258 e. The number of halogens is 2. The van der Waals surface area contributed by atoms with Crippen LogP contribution >= 0.6 is 23.2 Å². The fourth-order valence-corrected chi connectivity index (χ4v) is 2.98. The van der Waals surface area contributed by atoms with E-state index in [4.69, 9.17) is 27.9 Å². The van der Waals surface area contributed by atoms with Crippen LogP contribution in [0.3, 0.4) is 0 Å². The first-order valence-electron chi connectivity index (χ1n) is 6.93. The molecule has 0 spiro atoms. The summed E-state index contributed by atoms with van der Waals surface area (Å²) in [7, 11) is 0. The third-order valence-electron chi connectivity index (χ3n) is 3.71. The quantitative estimate of drug-likeness (QED) is 0.909. The van der Waals surface area contributed by atoms with Gasteiger partial charge < -0.3 is 10.1 Å². The van der Waals surface area contributed by atoms with Gasteiger partial charge >= 0.3 is 0 Å². The average Bonchev–Trinajstić information content (AvgIpc) is 2.40. The van der Waals surface area contributed by atoms with Crippen molar-refractivity contribution in [2.24, 2.45) is 5.92 Å². The Kier molecular flexibility index (Phi) is 5.55. The molecule has 3 nitrogen and oxygen atoms in total. The van der Waals surface area contributed by atoms with Gasteiger partial charge in [-0.15, -0.1) is 0 Å². The number of hydrogen-bond acceptors (Lipinski definition) is 2. The third kappa shape index (κ3) is 4.29. The molecule has 5 heteroatoms. The van der Waals surface area contributed by atoms with Crippen molar-refractivity contribution in [3.05, 3.63) is 28.2 Å². The van der Waals surface area contributed by atoms with Gasteiger partial charge in [-0.25, -0.2) is 0 Å². The van der Waals surface area contributed by atoms with Gasteiger partial charge in [-0.2, -0.15) is 0 Å². The number of carbonyl (C=O) groups is 1. The zero-order chi connectivity index (χ0) is 14.5. The van der Waals surface area contributed by atoms with Crippen LogP contribution in [0, 0.1) is 5.92 Å². The molecular formula is C15H19Cl2NO2. The molecular weight excluding hydrogens is 297 g/mol. The van der Waals surface area contributed by atoms with E-state index in [-0.39, 0.29) is 18.6 Å². The van der Waals surface area contributed by atoms with Crippen LogP contribution in [0.4, 0.5) is 0 Å². The van der Waals surface area contributed by atoms with Gasteiger partial charge in [0.15, 0.2) is 6.61 Å². The molecule has 0 radical (unpaired) electrons. The number of benzene rings is 1. The maximum Gasteiger partial charge on any atom is 0.258 e. The Hall–Kier alpha value is -0.930. The molecule has 1 aromatic rings. The number of nitrogens with one attached hydrogen (secondary N) is 1. The minimum atomic E-state index is -0.102. The molecule has 1 amide bonds. The summed E-state index contributed by atoms with van der Waals surface area (Å²) in [6.07, 6.45) is 4.66. The summed E-state index contributed by atoms with van der Waals surface area (Å²) in [5, 5.41) is 3.99. The van der Waals surface area contributed by atoms with Crippen LogP contribution in [-0.4, -0.2) is 18.6 Å². The van der Waals surface area contributed by atoms with Crippen LogP contribution in [0.1, 0.15) is 32.6 Å². The molecule has 1 aliphatic carbocycles. The predicted molar refractivity (Wildman–Crippen MR) is 81.5 cm³/mol. The van der Waals surface area contributed by atoms with Gasteiger partial charge in [0, 0.05) is 11.1 Å². The lowest BCUT2D eigenvalue weighted by atomic mass is 9.86. The van der Waals surface area contributed by atoms with Gasteiger partial charge in [-0.05, 0) is 37.0 Å². The lowest BCUT2D eigenvalue weighted by Crippen LogP contribution is -2.43. The third-order valence-corrected chi connectivity index (χ3v) is 4.24.